The van der Waals surface area contributed by atoms with E-state index in [2.05, 4.69) is 6.58 Å². The molecule has 0 unspecified atom stereocenters. The maximum absolute atomic E-state index is 10.8. The van der Waals surface area contributed by atoms with E-state index in [1.807, 2.05) is 6.07 Å². The molecular weight excluding hydrogens is 180 g/mol. The zero-order valence-electron chi connectivity index (χ0n) is 7.72. The summed E-state index contributed by atoms with van der Waals surface area (Å²) >= 11 is 0. The number of aliphatic carboxylic acids is 1. The van der Waals surface area contributed by atoms with Gasteiger partial charge in [0, 0.05) is 0 Å². The first-order chi connectivity index (χ1) is 6.75. The lowest BCUT2D eigenvalue weighted by atomic mass is 10.1. The van der Waals surface area contributed by atoms with Gasteiger partial charge in [-0.05, 0) is 5.56 Å². The summed E-state index contributed by atoms with van der Waals surface area (Å²) in [5.74, 6) is -0.988. The van der Waals surface area contributed by atoms with Crippen molar-refractivity contribution in [2.24, 2.45) is 0 Å². The highest BCUT2D eigenvalue weighted by Crippen LogP contribution is 2.16. The molecule has 0 fully saturated rings. The molecule has 1 aromatic rings. The SMILES string of the molecule is C=CCO[C@H](C(=O)O)c1ccccc1. The summed E-state index contributed by atoms with van der Waals surface area (Å²) < 4.78 is 5.12. The highest BCUT2D eigenvalue weighted by Gasteiger charge is 2.19. The van der Waals surface area contributed by atoms with E-state index in [0.29, 0.717) is 5.56 Å². The summed E-state index contributed by atoms with van der Waals surface area (Å²) in [6.45, 7) is 3.70. The van der Waals surface area contributed by atoms with Crippen LogP contribution in [0.3, 0.4) is 0 Å². The molecule has 1 rings (SSSR count). The maximum Gasteiger partial charge on any atom is 0.337 e. The molecule has 0 amide bonds. The van der Waals surface area contributed by atoms with Gasteiger partial charge in [0.2, 0.25) is 0 Å². The fourth-order valence-electron chi connectivity index (χ4n) is 1.10. The first-order valence-corrected chi connectivity index (χ1v) is 4.26. The quantitative estimate of drug-likeness (QED) is 0.726. The molecule has 0 aliphatic heterocycles. The largest absolute Gasteiger partial charge is 0.479 e. The van der Waals surface area contributed by atoms with E-state index in [0.717, 1.165) is 0 Å². The topological polar surface area (TPSA) is 46.5 Å². The van der Waals surface area contributed by atoms with Crippen molar-refractivity contribution in [3.63, 3.8) is 0 Å². The number of hydrogen-bond acceptors (Lipinski definition) is 2. The minimum atomic E-state index is -0.988. The molecule has 0 saturated carbocycles. The molecule has 0 bridgehead atoms. The normalized spacial score (nSPS) is 12.0. The summed E-state index contributed by atoms with van der Waals surface area (Å²) in [6.07, 6.45) is 0.619. The average Bonchev–Trinajstić information content (AvgIpc) is 2.19. The van der Waals surface area contributed by atoms with Crippen LogP contribution >= 0.6 is 0 Å². The van der Waals surface area contributed by atoms with Crippen LogP contribution in [0.4, 0.5) is 0 Å². The van der Waals surface area contributed by atoms with Crippen LogP contribution in [0.1, 0.15) is 11.7 Å². The predicted octanol–water partition coefficient (Wildman–Crippen LogP) is 2.01. The van der Waals surface area contributed by atoms with Crippen LogP contribution < -0.4 is 0 Å². The Hall–Kier alpha value is -1.61. The Balaban J connectivity index is 2.78. The van der Waals surface area contributed by atoms with Crippen LogP contribution in [0, 0.1) is 0 Å². The molecular formula is C11H12O3. The van der Waals surface area contributed by atoms with Crippen LogP contribution in [-0.4, -0.2) is 17.7 Å². The van der Waals surface area contributed by atoms with Crippen LogP contribution in [0.2, 0.25) is 0 Å². The van der Waals surface area contributed by atoms with Gasteiger partial charge in [0.1, 0.15) is 0 Å². The number of carboxylic acids is 1. The molecule has 0 saturated heterocycles. The Bertz CT molecular complexity index is 306. The third kappa shape index (κ3) is 2.71. The zero-order chi connectivity index (χ0) is 10.4. The standard InChI is InChI=1S/C11H12O3/c1-2-8-14-10(11(12)13)9-6-4-3-5-7-9/h2-7,10H,1,8H2,(H,12,13)/t10-/m0/s1. The van der Waals surface area contributed by atoms with Crippen molar-refractivity contribution in [3.05, 3.63) is 48.6 Å². The number of rotatable bonds is 5. The molecule has 0 spiro atoms. The van der Waals surface area contributed by atoms with E-state index in [-0.39, 0.29) is 6.61 Å². The van der Waals surface area contributed by atoms with E-state index in [4.69, 9.17) is 9.84 Å². The van der Waals surface area contributed by atoms with Crippen LogP contribution in [0.5, 0.6) is 0 Å². The third-order valence-electron chi connectivity index (χ3n) is 1.71. The summed E-state index contributed by atoms with van der Waals surface area (Å²) in [4.78, 5) is 10.8. The van der Waals surface area contributed by atoms with Crippen molar-refractivity contribution in [2.75, 3.05) is 6.61 Å². The summed E-state index contributed by atoms with van der Waals surface area (Å²) in [6, 6.07) is 8.84. The molecule has 0 radical (unpaired) electrons. The highest BCUT2D eigenvalue weighted by molar-refractivity contribution is 5.74. The van der Waals surface area contributed by atoms with Crippen molar-refractivity contribution < 1.29 is 14.6 Å². The number of carbonyl (C=O) groups is 1. The van der Waals surface area contributed by atoms with E-state index >= 15 is 0 Å². The molecule has 1 N–H and O–H groups in total. The van der Waals surface area contributed by atoms with Gasteiger partial charge in [-0.2, -0.15) is 0 Å². The van der Waals surface area contributed by atoms with Gasteiger partial charge in [0.25, 0.3) is 0 Å². The van der Waals surface area contributed by atoms with Gasteiger partial charge in [0.05, 0.1) is 6.61 Å². The van der Waals surface area contributed by atoms with Crippen molar-refractivity contribution in [1.29, 1.82) is 0 Å². The Morgan fingerprint density at radius 1 is 1.50 bits per heavy atom. The Morgan fingerprint density at radius 3 is 2.64 bits per heavy atom. The molecule has 74 valence electrons. The molecule has 14 heavy (non-hydrogen) atoms. The second-order valence-corrected chi connectivity index (χ2v) is 2.75. The van der Waals surface area contributed by atoms with Crippen LogP contribution in [-0.2, 0) is 9.53 Å². The van der Waals surface area contributed by atoms with Crippen LogP contribution in [0.15, 0.2) is 43.0 Å². The lowest BCUT2D eigenvalue weighted by Crippen LogP contribution is -2.15. The second kappa shape index (κ2) is 5.19. The van der Waals surface area contributed by atoms with E-state index in [9.17, 15) is 4.79 Å². The number of benzene rings is 1. The number of ether oxygens (including phenoxy) is 1. The minimum absolute atomic E-state index is 0.228. The third-order valence-corrected chi connectivity index (χ3v) is 1.71. The van der Waals surface area contributed by atoms with Crippen molar-refractivity contribution >= 4 is 5.97 Å². The first kappa shape index (κ1) is 10.5. The lowest BCUT2D eigenvalue weighted by Gasteiger charge is -2.12. The Kier molecular flexibility index (Phi) is 3.88. The van der Waals surface area contributed by atoms with E-state index in [1.54, 1.807) is 24.3 Å². The fraction of sp³-hybridized carbons (Fsp3) is 0.182. The smallest absolute Gasteiger partial charge is 0.337 e. The van der Waals surface area contributed by atoms with E-state index in [1.165, 1.54) is 6.08 Å². The summed E-state index contributed by atoms with van der Waals surface area (Å²) in [5.41, 5.74) is 0.641. The lowest BCUT2D eigenvalue weighted by molar-refractivity contribution is -0.150. The summed E-state index contributed by atoms with van der Waals surface area (Å²) in [7, 11) is 0. The predicted molar refractivity (Wildman–Crippen MR) is 53.0 cm³/mol. The second-order valence-electron chi connectivity index (χ2n) is 2.75. The molecule has 3 nitrogen and oxygen atoms in total. The molecule has 1 aromatic carbocycles. The maximum atomic E-state index is 10.8. The Labute approximate surface area is 82.6 Å². The van der Waals surface area contributed by atoms with Crippen LogP contribution in [0.25, 0.3) is 0 Å². The zero-order valence-corrected chi connectivity index (χ0v) is 7.72. The monoisotopic (exact) mass is 192 g/mol. The molecule has 0 aliphatic rings. The fourth-order valence-corrected chi connectivity index (χ4v) is 1.10. The van der Waals surface area contributed by atoms with Crippen molar-refractivity contribution in [2.45, 2.75) is 6.10 Å². The van der Waals surface area contributed by atoms with E-state index < -0.39 is 12.1 Å². The van der Waals surface area contributed by atoms with Gasteiger partial charge in [-0.3, -0.25) is 0 Å². The molecule has 0 heterocycles. The van der Waals surface area contributed by atoms with Gasteiger partial charge in [-0.15, -0.1) is 6.58 Å². The summed E-state index contributed by atoms with van der Waals surface area (Å²) in [5, 5.41) is 8.89. The Morgan fingerprint density at radius 2 is 2.14 bits per heavy atom. The van der Waals surface area contributed by atoms with Gasteiger partial charge in [0.15, 0.2) is 6.10 Å². The molecule has 1 atom stereocenters. The van der Waals surface area contributed by atoms with Gasteiger partial charge < -0.3 is 9.84 Å². The molecule has 0 aromatic heterocycles. The van der Waals surface area contributed by atoms with Gasteiger partial charge >= 0.3 is 5.97 Å². The number of carboxylic acid groups (broad SMARTS) is 1. The van der Waals surface area contributed by atoms with Gasteiger partial charge in [-0.1, -0.05) is 36.4 Å². The highest BCUT2D eigenvalue weighted by atomic mass is 16.5. The molecule has 0 aliphatic carbocycles. The molecule has 3 heteroatoms. The number of hydrogen-bond donors (Lipinski definition) is 1. The van der Waals surface area contributed by atoms with Crippen molar-refractivity contribution in [1.82, 2.24) is 0 Å². The van der Waals surface area contributed by atoms with Crippen molar-refractivity contribution in [3.8, 4) is 0 Å². The average molecular weight is 192 g/mol. The van der Waals surface area contributed by atoms with Gasteiger partial charge in [-0.25, -0.2) is 4.79 Å². The minimum Gasteiger partial charge on any atom is -0.479 e. The first-order valence-electron chi connectivity index (χ1n) is 4.26.